The summed E-state index contributed by atoms with van der Waals surface area (Å²) in [6, 6.07) is 15.0. The predicted octanol–water partition coefficient (Wildman–Crippen LogP) is 2.26. The van der Waals surface area contributed by atoms with Crippen LogP contribution in [0, 0.1) is 11.8 Å². The average Bonchev–Trinajstić information content (AvgIpc) is 2.76. The van der Waals surface area contributed by atoms with Crippen molar-refractivity contribution in [3.05, 3.63) is 65.2 Å². The second kappa shape index (κ2) is 10.2. The molecular formula is C24H22N2O5. The molecule has 2 N–H and O–H groups in total. The van der Waals surface area contributed by atoms with Gasteiger partial charge in [0.2, 0.25) is 11.8 Å². The maximum Gasteiger partial charge on any atom is 0.322 e. The first-order valence-corrected chi connectivity index (χ1v) is 9.93. The molecular weight excluding hydrogens is 396 g/mol. The molecule has 0 unspecified atom stereocenters. The maximum absolute atomic E-state index is 13.0. The van der Waals surface area contributed by atoms with Crippen molar-refractivity contribution in [1.29, 1.82) is 0 Å². The van der Waals surface area contributed by atoms with Gasteiger partial charge in [-0.05, 0) is 23.8 Å². The lowest BCUT2D eigenvalue weighted by molar-refractivity contribution is -0.138. The molecule has 7 nitrogen and oxygen atoms in total. The van der Waals surface area contributed by atoms with Gasteiger partial charge in [0.05, 0.1) is 12.2 Å². The first kappa shape index (κ1) is 21.8. The van der Waals surface area contributed by atoms with E-state index in [4.69, 9.17) is 5.11 Å². The van der Waals surface area contributed by atoms with Gasteiger partial charge in [-0.1, -0.05) is 42.2 Å². The summed E-state index contributed by atoms with van der Waals surface area (Å²) in [4.78, 5) is 48.8. The summed E-state index contributed by atoms with van der Waals surface area (Å²) in [5.41, 5.74) is 3.24. The molecule has 1 heterocycles. The van der Waals surface area contributed by atoms with Crippen molar-refractivity contribution in [3.8, 4) is 11.8 Å². The minimum absolute atomic E-state index is 0.0109. The van der Waals surface area contributed by atoms with Gasteiger partial charge in [0, 0.05) is 36.8 Å². The molecule has 158 valence electrons. The van der Waals surface area contributed by atoms with Gasteiger partial charge in [-0.25, -0.2) is 0 Å². The summed E-state index contributed by atoms with van der Waals surface area (Å²) in [5.74, 6) is 4.21. The highest BCUT2D eigenvalue weighted by atomic mass is 16.4. The number of nitrogens with one attached hydrogen (secondary N) is 1. The van der Waals surface area contributed by atoms with Gasteiger partial charge >= 0.3 is 5.97 Å². The van der Waals surface area contributed by atoms with Crippen molar-refractivity contribution in [3.63, 3.8) is 0 Å². The Kier molecular flexibility index (Phi) is 7.17. The summed E-state index contributed by atoms with van der Waals surface area (Å²) in [5, 5.41) is 10.8. The number of carboxylic acids is 1. The number of aliphatic carboxylic acids is 1. The molecule has 0 saturated heterocycles. The van der Waals surface area contributed by atoms with Gasteiger partial charge in [0.1, 0.15) is 12.3 Å². The second-order valence-corrected chi connectivity index (χ2v) is 7.11. The van der Waals surface area contributed by atoms with Crippen LogP contribution in [0.25, 0.3) is 0 Å². The zero-order valence-corrected chi connectivity index (χ0v) is 16.9. The fraction of sp³-hybridized carbons (Fsp3) is 0.250. The number of benzene rings is 2. The number of anilines is 1. The average molecular weight is 418 g/mol. The lowest BCUT2D eigenvalue weighted by Gasteiger charge is -2.26. The van der Waals surface area contributed by atoms with Crippen LogP contribution in [0.4, 0.5) is 5.69 Å². The number of hydrogen-bond donors (Lipinski definition) is 2. The van der Waals surface area contributed by atoms with Crippen LogP contribution in [0.3, 0.4) is 0 Å². The third-order valence-corrected chi connectivity index (χ3v) is 4.86. The minimum atomic E-state index is -1.15. The number of amides is 2. The molecule has 0 atom stereocenters. The van der Waals surface area contributed by atoms with Crippen LogP contribution in [-0.2, 0) is 25.7 Å². The zero-order chi connectivity index (χ0) is 22.2. The molecule has 3 rings (SSSR count). The Morgan fingerprint density at radius 3 is 2.29 bits per heavy atom. The summed E-state index contributed by atoms with van der Waals surface area (Å²) in [6.45, 7) is -0.128. The van der Waals surface area contributed by atoms with E-state index in [1.54, 1.807) is 4.90 Å². The molecule has 1 aliphatic heterocycles. The smallest absolute Gasteiger partial charge is 0.322 e. The number of hydrogen-bond acceptors (Lipinski definition) is 4. The van der Waals surface area contributed by atoms with Crippen molar-refractivity contribution in [2.75, 3.05) is 11.4 Å². The zero-order valence-electron chi connectivity index (χ0n) is 16.9. The normalized spacial score (nSPS) is 11.7. The van der Waals surface area contributed by atoms with Crippen LogP contribution in [0.15, 0.2) is 48.5 Å². The molecule has 1 aliphatic rings. The summed E-state index contributed by atoms with van der Waals surface area (Å²) >= 11 is 0. The quantitative estimate of drug-likeness (QED) is 0.640. The van der Waals surface area contributed by atoms with E-state index < -0.39 is 18.4 Å². The third-order valence-electron chi connectivity index (χ3n) is 4.86. The molecule has 0 radical (unpaired) electrons. The van der Waals surface area contributed by atoms with E-state index >= 15 is 0 Å². The molecule has 0 bridgehead atoms. The molecule has 0 spiro atoms. The number of nitrogens with zero attached hydrogens (tertiary/aromatic N) is 1. The fourth-order valence-corrected chi connectivity index (χ4v) is 3.23. The van der Waals surface area contributed by atoms with Crippen molar-refractivity contribution < 1.29 is 24.3 Å². The molecule has 31 heavy (non-hydrogen) atoms. The minimum Gasteiger partial charge on any atom is -0.480 e. The molecule has 7 heteroatoms. The van der Waals surface area contributed by atoms with Crippen LogP contribution < -0.4 is 10.2 Å². The molecule has 2 amide bonds. The van der Waals surface area contributed by atoms with Crippen LogP contribution in [-0.4, -0.2) is 35.2 Å². The van der Waals surface area contributed by atoms with Gasteiger partial charge in [-0.15, -0.1) is 0 Å². The van der Waals surface area contributed by atoms with Gasteiger partial charge in [-0.3, -0.25) is 19.2 Å². The highest BCUT2D eigenvalue weighted by Crippen LogP contribution is 2.26. The molecule has 0 aromatic heterocycles. The predicted molar refractivity (Wildman–Crippen MR) is 114 cm³/mol. The number of rotatable bonds is 8. The van der Waals surface area contributed by atoms with E-state index in [2.05, 4.69) is 17.2 Å². The van der Waals surface area contributed by atoms with Crippen LogP contribution in [0.5, 0.6) is 0 Å². The summed E-state index contributed by atoms with van der Waals surface area (Å²) in [7, 11) is 0. The molecule has 2 aromatic rings. The topological polar surface area (TPSA) is 104 Å². The Bertz CT molecular complexity index is 1080. The van der Waals surface area contributed by atoms with E-state index in [1.165, 1.54) is 0 Å². The standard InChI is InChI=1S/C24H22N2O5/c27-20(11-13-22(28)25-15-24(30)31)12-14-23(29)26-16-19-7-2-1-5-17(19)9-10-18-6-3-4-8-21(18)26/h1-8H,11-16H2,(H,25,28)(H,30,31). The van der Waals surface area contributed by atoms with Crippen molar-refractivity contribution >= 4 is 29.3 Å². The van der Waals surface area contributed by atoms with Crippen LogP contribution in [0.2, 0.25) is 0 Å². The highest BCUT2D eigenvalue weighted by Gasteiger charge is 2.21. The molecule has 0 saturated carbocycles. The van der Waals surface area contributed by atoms with E-state index in [-0.39, 0.29) is 37.4 Å². The monoisotopic (exact) mass is 418 g/mol. The maximum atomic E-state index is 13.0. The van der Waals surface area contributed by atoms with Crippen LogP contribution >= 0.6 is 0 Å². The van der Waals surface area contributed by atoms with Gasteiger partial charge < -0.3 is 15.3 Å². The lowest BCUT2D eigenvalue weighted by atomic mass is 10.0. The number of ketones is 1. The lowest BCUT2D eigenvalue weighted by Crippen LogP contribution is -2.32. The van der Waals surface area contributed by atoms with E-state index in [9.17, 15) is 19.2 Å². The van der Waals surface area contributed by atoms with Gasteiger partial charge in [0.15, 0.2) is 0 Å². The Labute approximate surface area is 180 Å². The van der Waals surface area contributed by atoms with Crippen LogP contribution in [0.1, 0.15) is 42.4 Å². The Balaban J connectivity index is 1.65. The Morgan fingerprint density at radius 2 is 1.52 bits per heavy atom. The number of Topliss-reactive ketones (excluding diaryl/α,β-unsaturated/α-hetero) is 1. The second-order valence-electron chi connectivity index (χ2n) is 7.11. The van der Waals surface area contributed by atoms with Crippen molar-refractivity contribution in [1.82, 2.24) is 5.32 Å². The summed E-state index contributed by atoms with van der Waals surface area (Å²) < 4.78 is 0. The van der Waals surface area contributed by atoms with Crippen molar-refractivity contribution in [2.24, 2.45) is 0 Å². The number of carbonyl (C=O) groups excluding carboxylic acids is 3. The number of para-hydroxylation sites is 1. The highest BCUT2D eigenvalue weighted by molar-refractivity contribution is 5.97. The van der Waals surface area contributed by atoms with E-state index in [1.807, 2.05) is 48.5 Å². The van der Waals surface area contributed by atoms with Gasteiger partial charge in [-0.2, -0.15) is 0 Å². The van der Waals surface area contributed by atoms with E-state index in [0.717, 1.165) is 16.7 Å². The van der Waals surface area contributed by atoms with E-state index in [0.29, 0.717) is 12.2 Å². The largest absolute Gasteiger partial charge is 0.480 e. The first-order chi connectivity index (χ1) is 14.9. The first-order valence-electron chi connectivity index (χ1n) is 9.93. The molecule has 0 fully saturated rings. The third kappa shape index (κ3) is 6.03. The molecule has 2 aromatic carbocycles. The summed E-state index contributed by atoms with van der Waals surface area (Å²) in [6.07, 6.45) is -0.115. The number of fused-ring (bicyclic) bond motifs is 2. The molecule has 0 aliphatic carbocycles. The SMILES string of the molecule is O=C(O)CNC(=O)CCC(=O)CCC(=O)N1Cc2ccccc2C#Cc2ccccc21. The number of carbonyl (C=O) groups is 4. The van der Waals surface area contributed by atoms with Gasteiger partial charge in [0.25, 0.3) is 0 Å². The van der Waals surface area contributed by atoms with Crippen molar-refractivity contribution in [2.45, 2.75) is 32.2 Å². The fourth-order valence-electron chi connectivity index (χ4n) is 3.23. The number of carboxylic acid groups (broad SMARTS) is 1. The Hall–Kier alpha value is -3.92. The Morgan fingerprint density at radius 1 is 0.871 bits per heavy atom.